The van der Waals surface area contributed by atoms with Gasteiger partial charge in [-0.2, -0.15) is 5.10 Å². The van der Waals surface area contributed by atoms with Crippen LogP contribution in [0.5, 0.6) is 0 Å². The maximum atomic E-state index is 11.8. The Hall–Kier alpha value is -1.36. The van der Waals surface area contributed by atoms with Gasteiger partial charge in [-0.05, 0) is 45.7 Å². The molecule has 2 rings (SSSR count). The van der Waals surface area contributed by atoms with Gasteiger partial charge in [-0.3, -0.25) is 9.48 Å². The molecule has 5 heteroatoms. The Balaban J connectivity index is 1.59. The summed E-state index contributed by atoms with van der Waals surface area (Å²) in [5.74, 6) is 0.202. The highest BCUT2D eigenvalue weighted by Gasteiger charge is 2.28. The zero-order chi connectivity index (χ0) is 13.8. The molecule has 19 heavy (non-hydrogen) atoms. The number of nitrogens with zero attached hydrogens (tertiary/aromatic N) is 3. The van der Waals surface area contributed by atoms with Crippen LogP contribution in [0, 0.1) is 13.8 Å². The minimum absolute atomic E-state index is 0.202. The molecule has 0 bridgehead atoms. The predicted octanol–water partition coefficient (Wildman–Crippen LogP) is 1.10. The number of amides is 1. The maximum absolute atomic E-state index is 11.8. The zero-order valence-corrected chi connectivity index (χ0v) is 12.1. The lowest BCUT2D eigenvalue weighted by Gasteiger charge is -2.16. The Morgan fingerprint density at radius 1 is 1.53 bits per heavy atom. The van der Waals surface area contributed by atoms with E-state index < -0.39 is 0 Å². The van der Waals surface area contributed by atoms with Crippen LogP contribution in [0.2, 0.25) is 0 Å². The third-order valence-corrected chi connectivity index (χ3v) is 3.59. The van der Waals surface area contributed by atoms with Crippen LogP contribution in [-0.4, -0.2) is 46.8 Å². The Bertz CT molecular complexity index is 437. The van der Waals surface area contributed by atoms with Crippen molar-refractivity contribution in [3.05, 3.63) is 17.5 Å². The summed E-state index contributed by atoms with van der Waals surface area (Å²) in [5.41, 5.74) is 2.26. The number of hydrogen-bond donors (Lipinski definition) is 1. The monoisotopic (exact) mass is 264 g/mol. The molecular formula is C14H24N4O. The van der Waals surface area contributed by atoms with Crippen molar-refractivity contribution in [2.45, 2.75) is 45.7 Å². The average molecular weight is 264 g/mol. The van der Waals surface area contributed by atoms with Crippen LogP contribution in [-0.2, 0) is 11.3 Å². The van der Waals surface area contributed by atoms with Crippen molar-refractivity contribution in [2.75, 3.05) is 20.1 Å². The first-order chi connectivity index (χ1) is 9.08. The normalized spacial score (nSPS) is 14.7. The van der Waals surface area contributed by atoms with Gasteiger partial charge in [0.15, 0.2) is 0 Å². The molecule has 1 saturated carbocycles. The van der Waals surface area contributed by atoms with Crippen molar-refractivity contribution in [1.29, 1.82) is 0 Å². The second-order valence-corrected chi connectivity index (χ2v) is 5.42. The van der Waals surface area contributed by atoms with Gasteiger partial charge in [0, 0.05) is 25.3 Å². The summed E-state index contributed by atoms with van der Waals surface area (Å²) < 4.78 is 2.02. The average Bonchev–Trinajstić information content (AvgIpc) is 3.15. The van der Waals surface area contributed by atoms with E-state index in [4.69, 9.17) is 0 Å². The highest BCUT2D eigenvalue weighted by Crippen LogP contribution is 2.24. The maximum Gasteiger partial charge on any atom is 0.236 e. The van der Waals surface area contributed by atoms with Gasteiger partial charge in [0.2, 0.25) is 5.91 Å². The van der Waals surface area contributed by atoms with Crippen LogP contribution >= 0.6 is 0 Å². The number of nitrogens with one attached hydrogen (secondary N) is 1. The fourth-order valence-corrected chi connectivity index (χ4v) is 2.24. The first-order valence-electron chi connectivity index (χ1n) is 7.05. The molecule has 1 N–H and O–H groups in total. The number of carbonyl (C=O) groups is 1. The van der Waals surface area contributed by atoms with E-state index in [-0.39, 0.29) is 5.91 Å². The van der Waals surface area contributed by atoms with Crippen molar-refractivity contribution < 1.29 is 4.79 Å². The second-order valence-electron chi connectivity index (χ2n) is 5.42. The van der Waals surface area contributed by atoms with E-state index in [9.17, 15) is 4.79 Å². The molecule has 0 unspecified atom stereocenters. The lowest BCUT2D eigenvalue weighted by atomic mass is 10.3. The first-order valence-corrected chi connectivity index (χ1v) is 7.05. The Morgan fingerprint density at radius 3 is 2.84 bits per heavy atom. The largest absolute Gasteiger partial charge is 0.342 e. The molecule has 1 fully saturated rings. The molecule has 0 radical (unpaired) electrons. The van der Waals surface area contributed by atoms with Gasteiger partial charge in [-0.1, -0.05) is 0 Å². The topological polar surface area (TPSA) is 50.2 Å². The number of rotatable bonds is 7. The molecule has 5 nitrogen and oxygen atoms in total. The fourth-order valence-electron chi connectivity index (χ4n) is 2.24. The number of hydrogen-bond acceptors (Lipinski definition) is 3. The fraction of sp³-hybridized carbons (Fsp3) is 0.714. The van der Waals surface area contributed by atoms with E-state index in [1.54, 1.807) is 0 Å². The van der Waals surface area contributed by atoms with Gasteiger partial charge in [0.25, 0.3) is 0 Å². The van der Waals surface area contributed by atoms with E-state index in [0.29, 0.717) is 12.6 Å². The third-order valence-electron chi connectivity index (χ3n) is 3.59. The minimum Gasteiger partial charge on any atom is -0.342 e. The van der Waals surface area contributed by atoms with Gasteiger partial charge in [0.05, 0.1) is 12.2 Å². The highest BCUT2D eigenvalue weighted by atomic mass is 16.2. The number of aromatic nitrogens is 2. The molecule has 1 aromatic rings. The van der Waals surface area contributed by atoms with Crippen LogP contribution in [0.1, 0.15) is 30.7 Å². The molecule has 1 aromatic heterocycles. The molecule has 1 heterocycles. The molecule has 106 valence electrons. The third kappa shape index (κ3) is 4.06. The highest BCUT2D eigenvalue weighted by molar-refractivity contribution is 5.78. The van der Waals surface area contributed by atoms with Crippen LogP contribution in [0.3, 0.4) is 0 Å². The summed E-state index contributed by atoms with van der Waals surface area (Å²) in [6, 6.07) is 2.59. The van der Waals surface area contributed by atoms with E-state index >= 15 is 0 Å². The smallest absolute Gasteiger partial charge is 0.236 e. The summed E-state index contributed by atoms with van der Waals surface area (Å²) in [7, 11) is 1.90. The van der Waals surface area contributed by atoms with Crippen molar-refractivity contribution in [2.24, 2.45) is 0 Å². The van der Waals surface area contributed by atoms with Gasteiger partial charge in [-0.15, -0.1) is 0 Å². The Morgan fingerprint density at radius 2 is 2.26 bits per heavy atom. The van der Waals surface area contributed by atoms with Crippen LogP contribution in [0.4, 0.5) is 0 Å². The van der Waals surface area contributed by atoms with Crippen LogP contribution in [0.25, 0.3) is 0 Å². The van der Waals surface area contributed by atoms with Gasteiger partial charge < -0.3 is 10.2 Å². The summed E-state index contributed by atoms with van der Waals surface area (Å²) >= 11 is 0. The Labute approximate surface area is 115 Å². The van der Waals surface area contributed by atoms with Gasteiger partial charge in [-0.25, -0.2) is 0 Å². The molecule has 1 aliphatic rings. The van der Waals surface area contributed by atoms with E-state index in [0.717, 1.165) is 25.2 Å². The molecular weight excluding hydrogens is 240 g/mol. The van der Waals surface area contributed by atoms with Gasteiger partial charge in [0.1, 0.15) is 0 Å². The SMILES string of the molecule is Cc1cc(C)n(CCCNCC(=O)N(C)C2CC2)n1. The molecule has 0 atom stereocenters. The summed E-state index contributed by atoms with van der Waals surface area (Å²) in [6.45, 7) is 6.28. The first kappa shape index (κ1) is 14.1. The quantitative estimate of drug-likeness (QED) is 0.750. The van der Waals surface area contributed by atoms with E-state index in [1.165, 1.54) is 18.5 Å². The van der Waals surface area contributed by atoms with Crippen LogP contribution < -0.4 is 5.32 Å². The number of likely N-dealkylation sites (N-methyl/N-ethyl adjacent to an activating group) is 1. The molecule has 1 aliphatic carbocycles. The van der Waals surface area contributed by atoms with Crippen molar-refractivity contribution in [3.63, 3.8) is 0 Å². The van der Waals surface area contributed by atoms with Crippen molar-refractivity contribution in [3.8, 4) is 0 Å². The zero-order valence-electron chi connectivity index (χ0n) is 12.1. The van der Waals surface area contributed by atoms with Gasteiger partial charge >= 0.3 is 0 Å². The lowest BCUT2D eigenvalue weighted by molar-refractivity contribution is -0.129. The Kier molecular flexibility index (Phi) is 4.58. The summed E-state index contributed by atoms with van der Waals surface area (Å²) in [5, 5.41) is 7.63. The standard InChI is InChI=1S/C14H24N4O/c1-11-9-12(2)18(16-11)8-4-7-15-10-14(19)17(3)13-5-6-13/h9,13,15H,4-8,10H2,1-3H3. The summed E-state index contributed by atoms with van der Waals surface area (Å²) in [4.78, 5) is 13.6. The molecule has 0 spiro atoms. The second kappa shape index (κ2) is 6.19. The number of carbonyl (C=O) groups excluding carboxylic acids is 1. The van der Waals surface area contributed by atoms with E-state index in [2.05, 4.69) is 23.4 Å². The van der Waals surface area contributed by atoms with Crippen molar-refractivity contribution in [1.82, 2.24) is 20.0 Å². The van der Waals surface area contributed by atoms with Crippen molar-refractivity contribution >= 4 is 5.91 Å². The molecule has 0 saturated heterocycles. The number of aryl methyl sites for hydroxylation is 3. The molecule has 1 amide bonds. The van der Waals surface area contributed by atoms with Crippen LogP contribution in [0.15, 0.2) is 6.07 Å². The molecule has 0 aliphatic heterocycles. The van der Waals surface area contributed by atoms with E-state index in [1.807, 2.05) is 23.6 Å². The molecule has 0 aromatic carbocycles. The minimum atomic E-state index is 0.202. The lowest BCUT2D eigenvalue weighted by Crippen LogP contribution is -2.37. The predicted molar refractivity (Wildman–Crippen MR) is 75.0 cm³/mol. The summed E-state index contributed by atoms with van der Waals surface area (Å²) in [6.07, 6.45) is 3.32.